The minimum absolute atomic E-state index is 0.0315. The Morgan fingerprint density at radius 1 is 1.00 bits per heavy atom. The molecule has 0 atom stereocenters. The number of benzene rings is 2. The molecule has 1 aromatic heterocycles. The van der Waals surface area contributed by atoms with E-state index in [2.05, 4.69) is 16.1 Å². The van der Waals surface area contributed by atoms with Gasteiger partial charge in [-0.2, -0.15) is 5.10 Å². The number of hydrogen-bond acceptors (Lipinski definition) is 5. The number of ether oxygens (including phenoxy) is 1. The molecule has 0 bridgehead atoms. The third-order valence-corrected chi connectivity index (χ3v) is 5.49. The number of hydrogen-bond donors (Lipinski definition) is 0. The molecule has 30 heavy (non-hydrogen) atoms. The number of nitrogens with zero attached hydrogens (tertiary/aromatic N) is 4. The average molecular weight is 406 g/mol. The van der Waals surface area contributed by atoms with E-state index in [0.717, 1.165) is 29.9 Å². The first kappa shape index (κ1) is 19.9. The maximum absolute atomic E-state index is 13.0. The molecule has 1 aliphatic rings. The summed E-state index contributed by atoms with van der Waals surface area (Å²) in [5.41, 5.74) is 1.56. The van der Waals surface area contributed by atoms with E-state index in [1.165, 1.54) is 4.68 Å². The van der Waals surface area contributed by atoms with Gasteiger partial charge in [-0.15, -0.1) is 0 Å². The van der Waals surface area contributed by atoms with Crippen molar-refractivity contribution in [2.75, 3.05) is 37.7 Å². The molecule has 1 aliphatic heterocycles. The number of piperazine rings is 1. The van der Waals surface area contributed by atoms with Crippen LogP contribution < -0.4 is 15.2 Å². The Bertz CT molecular complexity index is 1120. The van der Waals surface area contributed by atoms with Crippen LogP contribution in [-0.4, -0.2) is 53.4 Å². The van der Waals surface area contributed by atoms with Gasteiger partial charge in [0.15, 0.2) is 0 Å². The Hall–Kier alpha value is -3.35. The summed E-state index contributed by atoms with van der Waals surface area (Å²) in [7, 11) is 1.62. The van der Waals surface area contributed by atoms with Crippen LogP contribution in [0.15, 0.2) is 53.3 Å². The molecule has 0 saturated carbocycles. The molecule has 1 saturated heterocycles. The highest BCUT2D eigenvalue weighted by atomic mass is 16.5. The Morgan fingerprint density at radius 3 is 2.40 bits per heavy atom. The molecule has 156 valence electrons. The van der Waals surface area contributed by atoms with Crippen LogP contribution in [0, 0.1) is 0 Å². The van der Waals surface area contributed by atoms with Gasteiger partial charge in [-0.3, -0.25) is 9.59 Å². The van der Waals surface area contributed by atoms with Crippen molar-refractivity contribution in [2.24, 2.45) is 7.05 Å². The summed E-state index contributed by atoms with van der Waals surface area (Å²) in [5.74, 6) is 0.907. The lowest BCUT2D eigenvalue weighted by atomic mass is 10.1. The number of rotatable bonds is 5. The number of aryl methyl sites for hydroxylation is 1. The van der Waals surface area contributed by atoms with E-state index in [9.17, 15) is 9.59 Å². The molecular weight excluding hydrogens is 380 g/mol. The van der Waals surface area contributed by atoms with Gasteiger partial charge in [-0.25, -0.2) is 4.68 Å². The van der Waals surface area contributed by atoms with E-state index in [-0.39, 0.29) is 17.9 Å². The van der Waals surface area contributed by atoms with Gasteiger partial charge in [0.05, 0.1) is 29.8 Å². The fourth-order valence-electron chi connectivity index (χ4n) is 3.95. The van der Waals surface area contributed by atoms with E-state index in [4.69, 9.17) is 4.74 Å². The van der Waals surface area contributed by atoms with Gasteiger partial charge in [-0.1, -0.05) is 30.3 Å². The molecule has 0 spiro atoms. The van der Waals surface area contributed by atoms with Crippen LogP contribution >= 0.6 is 0 Å². The second-order valence-corrected chi connectivity index (χ2v) is 7.37. The van der Waals surface area contributed by atoms with Crippen molar-refractivity contribution in [3.8, 4) is 5.75 Å². The monoisotopic (exact) mass is 406 g/mol. The Labute approximate surface area is 175 Å². The van der Waals surface area contributed by atoms with Crippen LogP contribution in [0.4, 0.5) is 5.69 Å². The fourth-order valence-corrected chi connectivity index (χ4v) is 3.95. The van der Waals surface area contributed by atoms with Crippen molar-refractivity contribution in [2.45, 2.75) is 13.3 Å². The molecule has 7 nitrogen and oxygen atoms in total. The summed E-state index contributed by atoms with van der Waals surface area (Å²) in [6.45, 7) is 5.38. The molecule has 3 aromatic rings. The maximum Gasteiger partial charge on any atom is 0.274 e. The van der Waals surface area contributed by atoms with Crippen molar-refractivity contribution in [3.63, 3.8) is 0 Å². The van der Waals surface area contributed by atoms with Gasteiger partial charge < -0.3 is 14.5 Å². The van der Waals surface area contributed by atoms with Gasteiger partial charge in [0.1, 0.15) is 5.75 Å². The standard InChI is InChI=1S/C23H26N4O3/c1-3-30-21-11-7-6-10-20(21)26-12-14-27(15-13-26)22(28)16-19-17-8-4-5-9-18(17)23(29)25(2)24-19/h4-11H,3,12-16H2,1-2H3. The normalized spacial score (nSPS) is 14.2. The molecule has 4 rings (SSSR count). The lowest BCUT2D eigenvalue weighted by Crippen LogP contribution is -2.49. The van der Waals surface area contributed by atoms with Crippen molar-refractivity contribution in [1.29, 1.82) is 0 Å². The molecule has 0 N–H and O–H groups in total. The van der Waals surface area contributed by atoms with Crippen LogP contribution in [0.1, 0.15) is 12.6 Å². The number of amides is 1. The predicted molar refractivity (Wildman–Crippen MR) is 117 cm³/mol. The van der Waals surface area contributed by atoms with E-state index in [0.29, 0.717) is 30.8 Å². The predicted octanol–water partition coefficient (Wildman–Crippen LogP) is 2.22. The van der Waals surface area contributed by atoms with Crippen LogP contribution in [0.5, 0.6) is 5.75 Å². The van der Waals surface area contributed by atoms with E-state index >= 15 is 0 Å². The minimum Gasteiger partial charge on any atom is -0.492 e. The molecule has 1 amide bonds. The molecule has 1 fully saturated rings. The van der Waals surface area contributed by atoms with Crippen molar-refractivity contribution >= 4 is 22.4 Å². The third kappa shape index (κ3) is 3.87. The number of carbonyl (C=O) groups excluding carboxylic acids is 1. The van der Waals surface area contributed by atoms with Gasteiger partial charge in [-0.05, 0) is 25.1 Å². The number of carbonyl (C=O) groups is 1. The van der Waals surface area contributed by atoms with E-state index in [1.54, 1.807) is 13.1 Å². The lowest BCUT2D eigenvalue weighted by molar-refractivity contribution is -0.130. The summed E-state index contributed by atoms with van der Waals surface area (Å²) in [4.78, 5) is 29.4. The third-order valence-electron chi connectivity index (χ3n) is 5.49. The molecular formula is C23H26N4O3. The largest absolute Gasteiger partial charge is 0.492 e. The summed E-state index contributed by atoms with van der Waals surface area (Å²) in [6.07, 6.45) is 0.185. The SMILES string of the molecule is CCOc1ccccc1N1CCN(C(=O)Cc2nn(C)c(=O)c3ccccc23)CC1. The molecule has 0 unspecified atom stereocenters. The summed E-state index contributed by atoms with van der Waals surface area (Å²) in [6, 6.07) is 15.3. The first-order valence-corrected chi connectivity index (χ1v) is 10.3. The minimum atomic E-state index is -0.150. The van der Waals surface area contributed by atoms with Gasteiger partial charge in [0.25, 0.3) is 5.56 Å². The Balaban J connectivity index is 1.47. The van der Waals surface area contributed by atoms with Gasteiger partial charge in [0, 0.05) is 38.6 Å². The molecule has 0 radical (unpaired) electrons. The Morgan fingerprint density at radius 2 is 1.67 bits per heavy atom. The average Bonchev–Trinajstić information content (AvgIpc) is 2.78. The Kier molecular flexibility index (Phi) is 5.70. The number of anilines is 1. The molecule has 0 aliphatic carbocycles. The smallest absolute Gasteiger partial charge is 0.274 e. The van der Waals surface area contributed by atoms with Gasteiger partial charge in [0.2, 0.25) is 5.91 Å². The summed E-state index contributed by atoms with van der Waals surface area (Å²) >= 11 is 0. The zero-order chi connectivity index (χ0) is 21.1. The second-order valence-electron chi connectivity index (χ2n) is 7.37. The first-order chi connectivity index (χ1) is 14.6. The second kappa shape index (κ2) is 8.57. The zero-order valence-corrected chi connectivity index (χ0v) is 17.4. The number of aromatic nitrogens is 2. The highest BCUT2D eigenvalue weighted by Gasteiger charge is 2.24. The van der Waals surface area contributed by atoms with Crippen LogP contribution in [-0.2, 0) is 18.3 Å². The highest BCUT2D eigenvalue weighted by molar-refractivity contribution is 5.88. The molecule has 2 aromatic carbocycles. The van der Waals surface area contributed by atoms with Gasteiger partial charge >= 0.3 is 0 Å². The summed E-state index contributed by atoms with van der Waals surface area (Å²) < 4.78 is 7.06. The topological polar surface area (TPSA) is 67.7 Å². The lowest BCUT2D eigenvalue weighted by Gasteiger charge is -2.36. The zero-order valence-electron chi connectivity index (χ0n) is 17.4. The highest BCUT2D eigenvalue weighted by Crippen LogP contribution is 2.29. The fraction of sp³-hybridized carbons (Fsp3) is 0.348. The van der Waals surface area contributed by atoms with Crippen molar-refractivity contribution < 1.29 is 9.53 Å². The molecule has 7 heteroatoms. The van der Waals surface area contributed by atoms with E-state index < -0.39 is 0 Å². The van der Waals surface area contributed by atoms with Crippen LogP contribution in [0.25, 0.3) is 10.8 Å². The van der Waals surface area contributed by atoms with Crippen molar-refractivity contribution in [1.82, 2.24) is 14.7 Å². The van der Waals surface area contributed by atoms with Crippen LogP contribution in [0.2, 0.25) is 0 Å². The van der Waals surface area contributed by atoms with Crippen molar-refractivity contribution in [3.05, 3.63) is 64.6 Å². The molecule has 2 heterocycles. The van der Waals surface area contributed by atoms with Crippen LogP contribution in [0.3, 0.4) is 0 Å². The van der Waals surface area contributed by atoms with E-state index in [1.807, 2.05) is 48.2 Å². The quantitative estimate of drug-likeness (QED) is 0.650. The maximum atomic E-state index is 13.0. The number of fused-ring (bicyclic) bond motifs is 1. The number of para-hydroxylation sites is 2. The summed E-state index contributed by atoms with van der Waals surface area (Å²) in [5, 5.41) is 5.70. The first-order valence-electron chi connectivity index (χ1n) is 10.3.